The quantitative estimate of drug-likeness (QED) is 0.235. The number of carbonyl (C=O) groups is 1. The molecule has 198 valence electrons. The summed E-state index contributed by atoms with van der Waals surface area (Å²) in [5.41, 5.74) is 2.97. The molecule has 1 heterocycles. The summed E-state index contributed by atoms with van der Waals surface area (Å²) >= 11 is 0. The summed E-state index contributed by atoms with van der Waals surface area (Å²) in [5, 5.41) is 3.02. The van der Waals surface area contributed by atoms with E-state index in [2.05, 4.69) is 16.3 Å². The van der Waals surface area contributed by atoms with E-state index in [0.29, 0.717) is 38.5 Å². The minimum Gasteiger partial charge on any atom is -0.370 e. The first kappa shape index (κ1) is 27.9. The molecule has 2 aromatic carbocycles. The van der Waals surface area contributed by atoms with Gasteiger partial charge in [0.1, 0.15) is 12.8 Å². The number of hydrogen-bond acceptors (Lipinski definition) is 2. The third-order valence-corrected chi connectivity index (χ3v) is 6.61. The molecule has 1 atom stereocenters. The van der Waals surface area contributed by atoms with Crippen LogP contribution in [0.3, 0.4) is 0 Å². The van der Waals surface area contributed by atoms with Gasteiger partial charge in [-0.3, -0.25) is 4.79 Å². The molecule has 0 bridgehead atoms. The number of halogens is 5. The van der Waals surface area contributed by atoms with Gasteiger partial charge in [0.05, 0.1) is 16.9 Å². The zero-order valence-electron chi connectivity index (χ0n) is 20.6. The average Bonchev–Trinajstić information content (AvgIpc) is 2.88. The lowest BCUT2D eigenvalue weighted by Crippen LogP contribution is -2.30. The van der Waals surface area contributed by atoms with Crippen LogP contribution in [-0.2, 0) is 23.8 Å². The molecule has 1 unspecified atom stereocenters. The predicted molar refractivity (Wildman–Crippen MR) is 134 cm³/mol. The summed E-state index contributed by atoms with van der Waals surface area (Å²) in [7, 11) is 0. The molecule has 1 aliphatic rings. The largest absolute Gasteiger partial charge is 0.416 e. The molecule has 1 N–H and O–H groups in total. The molecule has 3 rings (SSSR count). The third kappa shape index (κ3) is 8.79. The van der Waals surface area contributed by atoms with Gasteiger partial charge in [0.2, 0.25) is 5.91 Å². The second kappa shape index (κ2) is 13.6. The van der Waals surface area contributed by atoms with Crippen molar-refractivity contribution >= 4 is 17.3 Å². The Morgan fingerprint density at radius 3 is 2.25 bits per heavy atom. The van der Waals surface area contributed by atoms with Gasteiger partial charge in [-0.05, 0) is 80.3 Å². The average molecular weight is 511 g/mol. The fraction of sp³-hybridized carbons (Fsp3) is 0.536. The first-order valence-corrected chi connectivity index (χ1v) is 12.8. The molecule has 0 aliphatic carbocycles. The van der Waals surface area contributed by atoms with Crippen molar-refractivity contribution in [2.75, 3.05) is 30.0 Å². The highest BCUT2D eigenvalue weighted by Gasteiger charge is 2.29. The molecule has 2 aromatic rings. The van der Waals surface area contributed by atoms with Gasteiger partial charge in [-0.1, -0.05) is 31.0 Å². The van der Waals surface area contributed by atoms with Crippen LogP contribution in [0.15, 0.2) is 42.5 Å². The first-order valence-electron chi connectivity index (χ1n) is 12.8. The molecular weight excluding hydrogens is 475 g/mol. The molecule has 0 spiro atoms. The molecular formula is C28H35F5N2O. The second-order valence-corrected chi connectivity index (χ2v) is 9.49. The Hall–Kier alpha value is -2.64. The van der Waals surface area contributed by atoms with Crippen molar-refractivity contribution in [2.45, 2.75) is 76.6 Å². The van der Waals surface area contributed by atoms with Crippen molar-refractivity contribution in [2.24, 2.45) is 0 Å². The molecule has 1 saturated heterocycles. The first-order chi connectivity index (χ1) is 17.3. The van der Waals surface area contributed by atoms with Crippen molar-refractivity contribution in [1.29, 1.82) is 0 Å². The molecule has 36 heavy (non-hydrogen) atoms. The highest BCUT2D eigenvalue weighted by Crippen LogP contribution is 2.32. The molecule has 0 radical (unpaired) electrons. The Kier molecular flexibility index (Phi) is 10.6. The number of piperidine rings is 1. The molecule has 1 aliphatic heterocycles. The monoisotopic (exact) mass is 510 g/mol. The number of nitrogens with one attached hydrogen (secondary N) is 1. The van der Waals surface area contributed by atoms with Crippen molar-refractivity contribution in [3.63, 3.8) is 0 Å². The standard InChI is InChI=1S/C28H35F5N2O/c29-20-24(30)7-3-1-4-8-27(36)34-25-16-13-22(19-26(25)35-17-5-2-6-18-35)10-9-21-11-14-23(15-12-21)28(31,32)33/h11-16,19,24H,1-10,17-18,20H2,(H,34,36). The van der Waals surface area contributed by atoms with E-state index >= 15 is 0 Å². The minimum absolute atomic E-state index is 0.104. The highest BCUT2D eigenvalue weighted by molar-refractivity contribution is 5.94. The van der Waals surface area contributed by atoms with Crippen molar-refractivity contribution in [3.05, 3.63) is 59.2 Å². The van der Waals surface area contributed by atoms with Gasteiger partial charge in [0.15, 0.2) is 0 Å². The van der Waals surface area contributed by atoms with Gasteiger partial charge in [-0.2, -0.15) is 13.2 Å². The second-order valence-electron chi connectivity index (χ2n) is 9.49. The van der Waals surface area contributed by atoms with Crippen LogP contribution in [0.4, 0.5) is 33.3 Å². The summed E-state index contributed by atoms with van der Waals surface area (Å²) in [5.74, 6) is -0.104. The number of alkyl halides is 5. The lowest BCUT2D eigenvalue weighted by molar-refractivity contribution is -0.137. The number of anilines is 2. The van der Waals surface area contributed by atoms with E-state index in [0.717, 1.165) is 60.6 Å². The van der Waals surface area contributed by atoms with Crippen LogP contribution in [0.25, 0.3) is 0 Å². The molecule has 3 nitrogen and oxygen atoms in total. The maximum absolute atomic E-state index is 13.0. The summed E-state index contributed by atoms with van der Waals surface area (Å²) in [6.45, 7) is 0.856. The number of rotatable bonds is 12. The van der Waals surface area contributed by atoms with Gasteiger partial charge in [0, 0.05) is 19.5 Å². The van der Waals surface area contributed by atoms with Crippen molar-refractivity contribution < 1.29 is 26.7 Å². The van der Waals surface area contributed by atoms with E-state index in [-0.39, 0.29) is 12.3 Å². The normalized spacial score (nSPS) is 15.1. The van der Waals surface area contributed by atoms with Crippen molar-refractivity contribution in [1.82, 2.24) is 0 Å². The predicted octanol–water partition coefficient (Wildman–Crippen LogP) is 7.68. The lowest BCUT2D eigenvalue weighted by Gasteiger charge is -2.31. The van der Waals surface area contributed by atoms with E-state index < -0.39 is 24.6 Å². The van der Waals surface area contributed by atoms with Crippen LogP contribution in [0.2, 0.25) is 0 Å². The zero-order chi connectivity index (χ0) is 26.0. The van der Waals surface area contributed by atoms with Gasteiger partial charge >= 0.3 is 6.18 Å². The van der Waals surface area contributed by atoms with E-state index in [1.54, 1.807) is 0 Å². The highest BCUT2D eigenvalue weighted by atomic mass is 19.4. The van der Waals surface area contributed by atoms with E-state index in [9.17, 15) is 26.7 Å². The number of aryl methyl sites for hydroxylation is 2. The Balaban J connectivity index is 1.61. The van der Waals surface area contributed by atoms with Crippen LogP contribution in [-0.4, -0.2) is 31.8 Å². The van der Waals surface area contributed by atoms with E-state index in [4.69, 9.17) is 0 Å². The van der Waals surface area contributed by atoms with Crippen LogP contribution in [0, 0.1) is 0 Å². The molecule has 8 heteroatoms. The Labute approximate surface area is 210 Å². The van der Waals surface area contributed by atoms with Crippen molar-refractivity contribution in [3.8, 4) is 0 Å². The minimum atomic E-state index is -4.34. The van der Waals surface area contributed by atoms with Crippen LogP contribution in [0.5, 0.6) is 0 Å². The Morgan fingerprint density at radius 2 is 1.58 bits per heavy atom. The van der Waals surface area contributed by atoms with E-state index in [1.807, 2.05) is 12.1 Å². The fourth-order valence-corrected chi connectivity index (χ4v) is 4.50. The zero-order valence-corrected chi connectivity index (χ0v) is 20.6. The number of nitrogens with zero attached hydrogens (tertiary/aromatic N) is 1. The summed E-state index contributed by atoms with van der Waals surface area (Å²) in [4.78, 5) is 14.8. The maximum Gasteiger partial charge on any atom is 0.416 e. The topological polar surface area (TPSA) is 32.3 Å². The molecule has 0 aromatic heterocycles. The fourth-order valence-electron chi connectivity index (χ4n) is 4.50. The number of unbranched alkanes of at least 4 members (excludes halogenated alkanes) is 2. The van der Waals surface area contributed by atoms with Crippen LogP contribution in [0.1, 0.15) is 68.1 Å². The Morgan fingerprint density at radius 1 is 0.917 bits per heavy atom. The summed E-state index contributed by atoms with van der Waals surface area (Å²) in [6.07, 6.45) is 1.24. The molecule has 1 amide bonds. The summed E-state index contributed by atoms with van der Waals surface area (Å²) < 4.78 is 63.6. The number of amides is 1. The van der Waals surface area contributed by atoms with Crippen LogP contribution >= 0.6 is 0 Å². The smallest absolute Gasteiger partial charge is 0.370 e. The number of hydrogen-bond donors (Lipinski definition) is 1. The lowest BCUT2D eigenvalue weighted by atomic mass is 10.0. The summed E-state index contributed by atoms with van der Waals surface area (Å²) in [6, 6.07) is 11.2. The maximum atomic E-state index is 13.0. The van der Waals surface area contributed by atoms with Gasteiger partial charge in [0.25, 0.3) is 0 Å². The number of carbonyl (C=O) groups excluding carboxylic acids is 1. The number of benzene rings is 2. The van der Waals surface area contributed by atoms with E-state index in [1.165, 1.54) is 18.6 Å². The molecule has 1 fully saturated rings. The SMILES string of the molecule is O=C(CCCCCC(F)CF)Nc1ccc(CCc2ccc(C(F)(F)F)cc2)cc1N1CCCCC1. The van der Waals surface area contributed by atoms with Gasteiger partial charge in [-0.15, -0.1) is 0 Å². The Bertz CT molecular complexity index is 955. The van der Waals surface area contributed by atoms with Gasteiger partial charge < -0.3 is 10.2 Å². The third-order valence-electron chi connectivity index (χ3n) is 6.61. The van der Waals surface area contributed by atoms with Crippen LogP contribution < -0.4 is 10.2 Å². The molecule has 0 saturated carbocycles. The van der Waals surface area contributed by atoms with Gasteiger partial charge in [-0.25, -0.2) is 8.78 Å².